The van der Waals surface area contributed by atoms with E-state index in [1.165, 1.54) is 6.92 Å². The number of benzene rings is 2. The number of ketones is 1. The number of unbranched alkanes of at least 4 members (excludes halogenated alkanes) is 1. The third-order valence-electron chi connectivity index (χ3n) is 3.83. The van der Waals surface area contributed by atoms with Gasteiger partial charge in [-0.05, 0) is 63.1 Å². The summed E-state index contributed by atoms with van der Waals surface area (Å²) < 4.78 is 11.2. The van der Waals surface area contributed by atoms with Gasteiger partial charge in [-0.1, -0.05) is 18.2 Å². The van der Waals surface area contributed by atoms with E-state index in [0.29, 0.717) is 24.5 Å². The average Bonchev–Trinajstić information content (AvgIpc) is 2.65. The van der Waals surface area contributed by atoms with Crippen LogP contribution in [-0.2, 0) is 4.79 Å². The summed E-state index contributed by atoms with van der Waals surface area (Å²) in [7, 11) is 0. The quantitative estimate of drug-likeness (QED) is 0.522. The van der Waals surface area contributed by atoms with Crippen molar-refractivity contribution in [1.82, 2.24) is 5.32 Å². The fraction of sp³-hybridized carbons (Fsp3) is 0.333. The number of amides is 1. The fourth-order valence-corrected chi connectivity index (χ4v) is 2.31. The highest BCUT2D eigenvalue weighted by atomic mass is 16.5. The molecule has 0 aliphatic rings. The van der Waals surface area contributed by atoms with Crippen LogP contribution < -0.4 is 14.8 Å². The van der Waals surface area contributed by atoms with Gasteiger partial charge in [0.2, 0.25) is 0 Å². The Bertz CT molecular complexity index is 698. The van der Waals surface area contributed by atoms with Crippen LogP contribution in [-0.4, -0.2) is 30.9 Å². The minimum absolute atomic E-state index is 0.00131. The van der Waals surface area contributed by atoms with Crippen LogP contribution >= 0.6 is 0 Å². The second-order valence-corrected chi connectivity index (χ2v) is 6.00. The Morgan fingerprint density at radius 1 is 0.962 bits per heavy atom. The normalized spacial score (nSPS) is 11.5. The molecule has 2 aromatic carbocycles. The zero-order valence-electron chi connectivity index (χ0n) is 15.2. The largest absolute Gasteiger partial charge is 0.494 e. The highest BCUT2D eigenvalue weighted by Crippen LogP contribution is 2.14. The topological polar surface area (TPSA) is 64.6 Å². The van der Waals surface area contributed by atoms with Crippen LogP contribution in [0.4, 0.5) is 0 Å². The van der Waals surface area contributed by atoms with E-state index in [1.54, 1.807) is 31.2 Å². The number of ether oxygens (including phenoxy) is 2. The van der Waals surface area contributed by atoms with Crippen molar-refractivity contribution in [3.05, 3.63) is 60.2 Å². The maximum absolute atomic E-state index is 12.1. The summed E-state index contributed by atoms with van der Waals surface area (Å²) in [5.41, 5.74) is 0.618. The van der Waals surface area contributed by atoms with Crippen LogP contribution in [0.2, 0.25) is 0 Å². The lowest BCUT2D eigenvalue weighted by molar-refractivity contribution is -0.127. The predicted molar refractivity (Wildman–Crippen MR) is 101 cm³/mol. The van der Waals surface area contributed by atoms with Crippen LogP contribution in [0.1, 0.15) is 37.0 Å². The third-order valence-corrected chi connectivity index (χ3v) is 3.83. The van der Waals surface area contributed by atoms with Crippen LogP contribution in [0.15, 0.2) is 54.6 Å². The van der Waals surface area contributed by atoms with Gasteiger partial charge < -0.3 is 14.8 Å². The van der Waals surface area contributed by atoms with Gasteiger partial charge >= 0.3 is 0 Å². The van der Waals surface area contributed by atoms with Gasteiger partial charge in [0.15, 0.2) is 11.9 Å². The molecule has 0 radical (unpaired) electrons. The predicted octanol–water partition coefficient (Wildman–Crippen LogP) is 3.63. The molecule has 138 valence electrons. The van der Waals surface area contributed by atoms with E-state index in [2.05, 4.69) is 5.32 Å². The second kappa shape index (κ2) is 10.2. The SMILES string of the molecule is CC(=O)c1ccc(O[C@H](C)C(=O)NCCCCOc2ccccc2)cc1. The van der Waals surface area contributed by atoms with Crippen LogP contribution in [0.25, 0.3) is 0 Å². The molecule has 1 atom stereocenters. The Kier molecular flexibility index (Phi) is 7.68. The average molecular weight is 355 g/mol. The van der Waals surface area contributed by atoms with E-state index < -0.39 is 6.10 Å². The molecule has 1 N–H and O–H groups in total. The molecular weight excluding hydrogens is 330 g/mol. The molecule has 5 nitrogen and oxygen atoms in total. The first-order valence-corrected chi connectivity index (χ1v) is 8.79. The smallest absolute Gasteiger partial charge is 0.260 e. The summed E-state index contributed by atoms with van der Waals surface area (Å²) >= 11 is 0. The molecule has 0 aliphatic heterocycles. The Hall–Kier alpha value is -2.82. The molecule has 1 amide bonds. The minimum Gasteiger partial charge on any atom is -0.494 e. The first-order valence-electron chi connectivity index (χ1n) is 8.79. The summed E-state index contributed by atoms with van der Waals surface area (Å²) in [5.74, 6) is 1.26. The maximum Gasteiger partial charge on any atom is 0.260 e. The molecule has 0 aromatic heterocycles. The van der Waals surface area contributed by atoms with E-state index in [4.69, 9.17) is 9.47 Å². The Morgan fingerprint density at radius 2 is 1.65 bits per heavy atom. The number of hydrogen-bond acceptors (Lipinski definition) is 4. The van der Waals surface area contributed by atoms with Crippen molar-refractivity contribution in [2.75, 3.05) is 13.2 Å². The molecular formula is C21H25NO4. The van der Waals surface area contributed by atoms with Crippen molar-refractivity contribution < 1.29 is 19.1 Å². The van der Waals surface area contributed by atoms with Crippen molar-refractivity contribution in [2.24, 2.45) is 0 Å². The van der Waals surface area contributed by atoms with E-state index in [-0.39, 0.29) is 11.7 Å². The van der Waals surface area contributed by atoms with Crippen molar-refractivity contribution >= 4 is 11.7 Å². The minimum atomic E-state index is -0.598. The van der Waals surface area contributed by atoms with Gasteiger partial charge in [0.05, 0.1) is 6.61 Å². The highest BCUT2D eigenvalue weighted by Gasteiger charge is 2.14. The molecule has 0 bridgehead atoms. The molecule has 0 fully saturated rings. The first-order chi connectivity index (χ1) is 12.6. The van der Waals surface area contributed by atoms with Gasteiger partial charge in [-0.3, -0.25) is 9.59 Å². The van der Waals surface area contributed by atoms with Crippen LogP contribution in [0, 0.1) is 0 Å². The number of Topliss-reactive ketones (excluding diaryl/α,β-unsaturated/α-hetero) is 1. The van der Waals surface area contributed by atoms with Gasteiger partial charge in [-0.25, -0.2) is 0 Å². The molecule has 0 saturated heterocycles. The van der Waals surface area contributed by atoms with Crippen molar-refractivity contribution in [3.63, 3.8) is 0 Å². The van der Waals surface area contributed by atoms with E-state index >= 15 is 0 Å². The lowest BCUT2D eigenvalue weighted by atomic mass is 10.1. The number of para-hydroxylation sites is 1. The summed E-state index contributed by atoms with van der Waals surface area (Å²) in [6.45, 7) is 4.41. The van der Waals surface area contributed by atoms with Crippen LogP contribution in [0.5, 0.6) is 11.5 Å². The zero-order chi connectivity index (χ0) is 18.8. The molecule has 0 heterocycles. The Balaban J connectivity index is 1.61. The van der Waals surface area contributed by atoms with Crippen molar-refractivity contribution in [2.45, 2.75) is 32.8 Å². The molecule has 2 aromatic rings. The molecule has 26 heavy (non-hydrogen) atoms. The summed E-state index contributed by atoms with van der Waals surface area (Å²) in [6.07, 6.45) is 1.09. The number of carbonyl (C=O) groups excluding carboxylic acids is 2. The number of nitrogens with one attached hydrogen (secondary N) is 1. The molecule has 0 saturated carbocycles. The van der Waals surface area contributed by atoms with Gasteiger partial charge in [0, 0.05) is 12.1 Å². The summed E-state index contributed by atoms with van der Waals surface area (Å²) in [6, 6.07) is 16.4. The van der Waals surface area contributed by atoms with Gasteiger partial charge in [-0.15, -0.1) is 0 Å². The standard InChI is InChI=1S/C21H25NO4/c1-16(23)18-10-12-20(13-11-18)26-17(2)21(24)22-14-6-7-15-25-19-8-4-3-5-9-19/h3-5,8-13,17H,6-7,14-15H2,1-2H3,(H,22,24)/t17-/m1/s1. The monoisotopic (exact) mass is 355 g/mol. The molecule has 0 aliphatic carbocycles. The maximum atomic E-state index is 12.1. The molecule has 0 spiro atoms. The Morgan fingerprint density at radius 3 is 2.31 bits per heavy atom. The number of rotatable bonds is 10. The second-order valence-electron chi connectivity index (χ2n) is 6.00. The van der Waals surface area contributed by atoms with Gasteiger partial charge in [-0.2, -0.15) is 0 Å². The molecule has 5 heteroatoms. The summed E-state index contributed by atoms with van der Waals surface area (Å²) in [5, 5.41) is 2.86. The van der Waals surface area contributed by atoms with Gasteiger partial charge in [0.1, 0.15) is 11.5 Å². The molecule has 0 unspecified atom stereocenters. The number of carbonyl (C=O) groups is 2. The first kappa shape index (κ1) is 19.5. The fourth-order valence-electron chi connectivity index (χ4n) is 2.31. The van der Waals surface area contributed by atoms with Crippen molar-refractivity contribution in [3.8, 4) is 11.5 Å². The van der Waals surface area contributed by atoms with Crippen LogP contribution in [0.3, 0.4) is 0 Å². The third kappa shape index (κ3) is 6.59. The number of hydrogen-bond donors (Lipinski definition) is 1. The molecule has 2 rings (SSSR count). The zero-order valence-corrected chi connectivity index (χ0v) is 15.2. The lowest BCUT2D eigenvalue weighted by Gasteiger charge is -2.15. The van der Waals surface area contributed by atoms with Crippen molar-refractivity contribution in [1.29, 1.82) is 0 Å². The highest BCUT2D eigenvalue weighted by molar-refractivity contribution is 5.94. The van der Waals surface area contributed by atoms with E-state index in [9.17, 15) is 9.59 Å². The lowest BCUT2D eigenvalue weighted by Crippen LogP contribution is -2.36. The van der Waals surface area contributed by atoms with Gasteiger partial charge in [0.25, 0.3) is 5.91 Å². The van der Waals surface area contributed by atoms with E-state index in [0.717, 1.165) is 18.6 Å². The summed E-state index contributed by atoms with van der Waals surface area (Å²) in [4.78, 5) is 23.3. The Labute approximate surface area is 154 Å². The van der Waals surface area contributed by atoms with E-state index in [1.807, 2.05) is 30.3 Å².